The molecule has 5 heteroatoms. The molecule has 1 rings (SSSR count). The van der Waals surface area contributed by atoms with E-state index in [4.69, 9.17) is 17.0 Å². The molecular formula is C16H24N2O2S. The minimum atomic E-state index is -0.306. The van der Waals surface area contributed by atoms with Crippen LogP contribution in [0.4, 0.5) is 0 Å². The quantitative estimate of drug-likeness (QED) is 0.328. The van der Waals surface area contributed by atoms with E-state index >= 15 is 0 Å². The van der Waals surface area contributed by atoms with Crippen molar-refractivity contribution >= 4 is 23.3 Å². The molecule has 0 saturated carbocycles. The zero-order chi connectivity index (χ0) is 15.5. The monoisotopic (exact) mass is 308 g/mol. The van der Waals surface area contributed by atoms with Gasteiger partial charge in [0.1, 0.15) is 6.61 Å². The standard InChI is InChI=1S/C16H24N2O2S/c1-3-4-5-6-7-8-9-10-11-20-15(19)14-12-17-16(21)18-13(14)2/h3-7,10-12H2,1-2H3,(H2,17,18,21). The highest BCUT2D eigenvalue weighted by Gasteiger charge is 2.19. The molecule has 116 valence electrons. The van der Waals surface area contributed by atoms with Crippen LogP contribution in [0.3, 0.4) is 0 Å². The van der Waals surface area contributed by atoms with Crippen molar-refractivity contribution < 1.29 is 9.53 Å². The van der Waals surface area contributed by atoms with Crippen molar-refractivity contribution in [1.82, 2.24) is 10.6 Å². The third-order valence-corrected chi connectivity index (χ3v) is 3.41. The molecular weight excluding hydrogens is 284 g/mol. The second kappa shape index (κ2) is 10.2. The maximum absolute atomic E-state index is 11.9. The average molecular weight is 308 g/mol. The molecule has 0 unspecified atom stereocenters. The van der Waals surface area contributed by atoms with Crippen LogP contribution < -0.4 is 10.6 Å². The summed E-state index contributed by atoms with van der Waals surface area (Å²) in [5.74, 6) is 5.85. The third kappa shape index (κ3) is 7.14. The molecule has 0 atom stereocenters. The summed E-state index contributed by atoms with van der Waals surface area (Å²) in [6.45, 7) is 4.77. The van der Waals surface area contributed by atoms with Crippen LogP contribution in [0.1, 0.15) is 52.4 Å². The van der Waals surface area contributed by atoms with Gasteiger partial charge in [-0.3, -0.25) is 0 Å². The topological polar surface area (TPSA) is 50.4 Å². The lowest BCUT2D eigenvalue weighted by Crippen LogP contribution is -2.42. The number of allylic oxidation sites excluding steroid dienone is 1. The van der Waals surface area contributed by atoms with Crippen LogP contribution in [0.25, 0.3) is 0 Å². The number of ether oxygens (including phenoxy) is 1. The Balaban J connectivity index is 2.18. The lowest BCUT2D eigenvalue weighted by Gasteiger charge is -2.20. The molecule has 1 aliphatic rings. The fourth-order valence-corrected chi connectivity index (χ4v) is 2.14. The van der Waals surface area contributed by atoms with Gasteiger partial charge in [-0.05, 0) is 25.6 Å². The number of thiocarbonyl (C=S) groups is 1. The molecule has 0 aromatic carbocycles. The Morgan fingerprint density at radius 3 is 2.76 bits per heavy atom. The SMILES string of the molecule is CCCCCCC#CCCOC(=O)C1=C(C)NC(=S)NC1. The summed E-state index contributed by atoms with van der Waals surface area (Å²) in [6, 6.07) is 0. The number of nitrogens with one attached hydrogen (secondary N) is 2. The Hall–Kier alpha value is -1.54. The predicted octanol–water partition coefficient (Wildman–Crippen LogP) is 2.65. The van der Waals surface area contributed by atoms with Gasteiger partial charge in [-0.15, -0.1) is 5.92 Å². The fraction of sp³-hybridized carbons (Fsp3) is 0.625. The molecule has 1 heterocycles. The van der Waals surface area contributed by atoms with E-state index in [1.54, 1.807) is 0 Å². The van der Waals surface area contributed by atoms with Crippen LogP contribution in [0.5, 0.6) is 0 Å². The van der Waals surface area contributed by atoms with Gasteiger partial charge in [0.05, 0.1) is 12.1 Å². The van der Waals surface area contributed by atoms with Crippen molar-refractivity contribution in [1.29, 1.82) is 0 Å². The Morgan fingerprint density at radius 1 is 1.29 bits per heavy atom. The molecule has 0 aromatic heterocycles. The van der Waals surface area contributed by atoms with Crippen LogP contribution >= 0.6 is 12.2 Å². The summed E-state index contributed by atoms with van der Waals surface area (Å²) < 4.78 is 5.21. The minimum Gasteiger partial charge on any atom is -0.461 e. The number of unbranched alkanes of at least 4 members (excludes halogenated alkanes) is 4. The van der Waals surface area contributed by atoms with E-state index in [-0.39, 0.29) is 5.97 Å². The van der Waals surface area contributed by atoms with Crippen molar-refractivity contribution in [2.45, 2.75) is 52.4 Å². The van der Waals surface area contributed by atoms with Crippen molar-refractivity contribution in [2.24, 2.45) is 0 Å². The van der Waals surface area contributed by atoms with Gasteiger partial charge in [0.25, 0.3) is 0 Å². The molecule has 1 aliphatic heterocycles. The van der Waals surface area contributed by atoms with Crippen molar-refractivity contribution in [3.8, 4) is 11.8 Å². The maximum atomic E-state index is 11.9. The smallest absolute Gasteiger partial charge is 0.337 e. The lowest BCUT2D eigenvalue weighted by molar-refractivity contribution is -0.139. The van der Waals surface area contributed by atoms with E-state index in [1.807, 2.05) is 6.92 Å². The molecule has 0 fully saturated rings. The second-order valence-electron chi connectivity index (χ2n) is 4.96. The predicted molar refractivity (Wildman–Crippen MR) is 88.5 cm³/mol. The van der Waals surface area contributed by atoms with Crippen LogP contribution in [-0.2, 0) is 9.53 Å². The van der Waals surface area contributed by atoms with E-state index in [1.165, 1.54) is 19.3 Å². The number of carbonyl (C=O) groups is 1. The van der Waals surface area contributed by atoms with Gasteiger partial charge in [-0.25, -0.2) is 4.79 Å². The Labute approximate surface area is 132 Å². The summed E-state index contributed by atoms with van der Waals surface area (Å²) in [5, 5.41) is 6.37. The van der Waals surface area contributed by atoms with E-state index in [0.717, 1.165) is 18.5 Å². The summed E-state index contributed by atoms with van der Waals surface area (Å²) >= 11 is 4.97. The van der Waals surface area contributed by atoms with E-state index < -0.39 is 0 Å². The maximum Gasteiger partial charge on any atom is 0.337 e. The number of esters is 1. The third-order valence-electron chi connectivity index (χ3n) is 3.17. The number of rotatable bonds is 7. The first-order chi connectivity index (χ1) is 10.1. The lowest BCUT2D eigenvalue weighted by atomic mass is 10.1. The molecule has 0 spiro atoms. The molecule has 0 bridgehead atoms. The first-order valence-electron chi connectivity index (χ1n) is 7.52. The molecule has 2 N–H and O–H groups in total. The summed E-state index contributed by atoms with van der Waals surface area (Å²) in [7, 11) is 0. The number of hydrogen-bond donors (Lipinski definition) is 2. The highest BCUT2D eigenvalue weighted by atomic mass is 32.1. The van der Waals surface area contributed by atoms with Crippen LogP contribution in [0.2, 0.25) is 0 Å². The van der Waals surface area contributed by atoms with Crippen molar-refractivity contribution in [3.05, 3.63) is 11.3 Å². The Bertz CT molecular complexity index is 461. The molecule has 21 heavy (non-hydrogen) atoms. The van der Waals surface area contributed by atoms with Crippen LogP contribution in [0, 0.1) is 11.8 Å². The van der Waals surface area contributed by atoms with Crippen LogP contribution in [0.15, 0.2) is 11.3 Å². The Kier molecular flexibility index (Phi) is 8.53. The number of hydrogen-bond acceptors (Lipinski definition) is 3. The van der Waals surface area contributed by atoms with Gasteiger partial charge in [-0.2, -0.15) is 0 Å². The fourth-order valence-electron chi connectivity index (χ4n) is 1.92. The van der Waals surface area contributed by atoms with Crippen molar-refractivity contribution in [3.63, 3.8) is 0 Å². The van der Waals surface area contributed by atoms with Gasteiger partial charge in [-0.1, -0.05) is 32.1 Å². The van der Waals surface area contributed by atoms with E-state index in [2.05, 4.69) is 29.4 Å². The van der Waals surface area contributed by atoms with E-state index in [0.29, 0.717) is 30.3 Å². The van der Waals surface area contributed by atoms with Gasteiger partial charge in [0.2, 0.25) is 0 Å². The zero-order valence-corrected chi connectivity index (χ0v) is 13.7. The second-order valence-corrected chi connectivity index (χ2v) is 5.37. The molecule has 4 nitrogen and oxygen atoms in total. The average Bonchev–Trinajstić information content (AvgIpc) is 2.45. The summed E-state index contributed by atoms with van der Waals surface area (Å²) in [4.78, 5) is 11.9. The largest absolute Gasteiger partial charge is 0.461 e. The van der Waals surface area contributed by atoms with Gasteiger partial charge in [0, 0.05) is 18.5 Å². The summed E-state index contributed by atoms with van der Waals surface area (Å²) in [6.07, 6.45) is 6.44. The molecule has 0 radical (unpaired) electrons. The first kappa shape index (κ1) is 17.5. The Morgan fingerprint density at radius 2 is 2.05 bits per heavy atom. The molecule has 0 aromatic rings. The zero-order valence-electron chi connectivity index (χ0n) is 12.9. The summed E-state index contributed by atoms with van der Waals surface area (Å²) in [5.41, 5.74) is 1.35. The number of carbonyl (C=O) groups excluding carboxylic acids is 1. The molecule has 0 saturated heterocycles. The normalized spacial score (nSPS) is 13.9. The van der Waals surface area contributed by atoms with Gasteiger partial charge < -0.3 is 15.4 Å². The van der Waals surface area contributed by atoms with Crippen LogP contribution in [-0.4, -0.2) is 24.2 Å². The van der Waals surface area contributed by atoms with E-state index in [9.17, 15) is 4.79 Å². The molecule has 0 aliphatic carbocycles. The van der Waals surface area contributed by atoms with Gasteiger partial charge in [0.15, 0.2) is 5.11 Å². The first-order valence-corrected chi connectivity index (χ1v) is 7.93. The van der Waals surface area contributed by atoms with Gasteiger partial charge >= 0.3 is 5.97 Å². The highest BCUT2D eigenvalue weighted by Crippen LogP contribution is 2.07. The molecule has 0 amide bonds. The van der Waals surface area contributed by atoms with Crippen molar-refractivity contribution in [2.75, 3.05) is 13.2 Å². The highest BCUT2D eigenvalue weighted by molar-refractivity contribution is 7.80. The minimum absolute atomic E-state index is 0.306.